The second-order valence-electron chi connectivity index (χ2n) is 5.77. The lowest BCUT2D eigenvalue weighted by Crippen LogP contribution is -2.34. The molecule has 1 aliphatic heterocycles. The van der Waals surface area contributed by atoms with Gasteiger partial charge in [-0.25, -0.2) is 13.1 Å². The van der Waals surface area contributed by atoms with Gasteiger partial charge in [0.25, 0.3) is 0 Å². The van der Waals surface area contributed by atoms with Crippen LogP contribution in [0.15, 0.2) is 29.2 Å². The molecule has 1 aromatic rings. The maximum absolute atomic E-state index is 12.2. The Bertz CT molecular complexity index is 537. The standard InChI is InChI=1S/C15H24N2O3S/c1-13(11-17-8-2-3-9-17)10-16-21(19,20)15-6-4-14(12-18)5-7-15/h4-7,13,16,18H,2-3,8-12H2,1H3. The van der Waals surface area contributed by atoms with Crippen LogP contribution in [0.1, 0.15) is 25.3 Å². The van der Waals surface area contributed by atoms with Crippen molar-refractivity contribution in [3.8, 4) is 0 Å². The number of aliphatic hydroxyl groups is 1. The van der Waals surface area contributed by atoms with Crippen molar-refractivity contribution in [3.05, 3.63) is 29.8 Å². The smallest absolute Gasteiger partial charge is 0.240 e. The average molecular weight is 312 g/mol. The van der Waals surface area contributed by atoms with Gasteiger partial charge < -0.3 is 10.0 Å². The molecular formula is C15H24N2O3S. The molecule has 2 N–H and O–H groups in total. The fourth-order valence-corrected chi connectivity index (χ4v) is 3.74. The quantitative estimate of drug-likeness (QED) is 0.793. The van der Waals surface area contributed by atoms with Crippen molar-refractivity contribution in [2.75, 3.05) is 26.2 Å². The van der Waals surface area contributed by atoms with Crippen molar-refractivity contribution in [2.45, 2.75) is 31.3 Å². The van der Waals surface area contributed by atoms with Crippen LogP contribution in [0.2, 0.25) is 0 Å². The first-order chi connectivity index (χ1) is 10.0. The summed E-state index contributed by atoms with van der Waals surface area (Å²) in [5.41, 5.74) is 0.705. The highest BCUT2D eigenvalue weighted by atomic mass is 32.2. The van der Waals surface area contributed by atoms with Crippen molar-refractivity contribution in [1.29, 1.82) is 0 Å². The molecular weight excluding hydrogens is 288 g/mol. The maximum Gasteiger partial charge on any atom is 0.240 e. The maximum atomic E-state index is 12.2. The Balaban J connectivity index is 1.87. The summed E-state index contributed by atoms with van der Waals surface area (Å²) < 4.78 is 27.0. The molecule has 0 saturated carbocycles. The molecule has 2 rings (SSSR count). The van der Waals surface area contributed by atoms with Crippen LogP contribution < -0.4 is 4.72 Å². The topological polar surface area (TPSA) is 69.6 Å². The number of likely N-dealkylation sites (tertiary alicyclic amines) is 1. The molecule has 1 fully saturated rings. The van der Waals surface area contributed by atoms with Crippen LogP contribution in [0.25, 0.3) is 0 Å². The Morgan fingerprint density at radius 2 is 1.86 bits per heavy atom. The summed E-state index contributed by atoms with van der Waals surface area (Å²) in [6.07, 6.45) is 2.49. The van der Waals surface area contributed by atoms with Crippen molar-refractivity contribution < 1.29 is 13.5 Å². The molecule has 118 valence electrons. The lowest BCUT2D eigenvalue weighted by molar-refractivity contribution is 0.281. The van der Waals surface area contributed by atoms with Gasteiger partial charge in [-0.2, -0.15) is 0 Å². The monoisotopic (exact) mass is 312 g/mol. The highest BCUT2D eigenvalue weighted by molar-refractivity contribution is 7.89. The predicted octanol–water partition coefficient (Wildman–Crippen LogP) is 1.19. The molecule has 6 heteroatoms. The molecule has 1 unspecified atom stereocenters. The average Bonchev–Trinajstić information content (AvgIpc) is 2.98. The summed E-state index contributed by atoms with van der Waals surface area (Å²) in [7, 11) is -3.46. The van der Waals surface area contributed by atoms with Crippen LogP contribution in [-0.2, 0) is 16.6 Å². The number of nitrogens with zero attached hydrogens (tertiary/aromatic N) is 1. The summed E-state index contributed by atoms with van der Waals surface area (Å²) in [6, 6.07) is 6.31. The van der Waals surface area contributed by atoms with Crippen LogP contribution in [-0.4, -0.2) is 44.6 Å². The van der Waals surface area contributed by atoms with Gasteiger partial charge in [0, 0.05) is 13.1 Å². The van der Waals surface area contributed by atoms with E-state index in [1.165, 1.54) is 25.0 Å². The van der Waals surface area contributed by atoms with E-state index in [-0.39, 0.29) is 17.4 Å². The molecule has 21 heavy (non-hydrogen) atoms. The number of rotatable bonds is 7. The largest absolute Gasteiger partial charge is 0.392 e. The first kappa shape index (κ1) is 16.4. The van der Waals surface area contributed by atoms with Crippen molar-refractivity contribution in [2.24, 2.45) is 5.92 Å². The lowest BCUT2D eigenvalue weighted by Gasteiger charge is -2.20. The van der Waals surface area contributed by atoms with Crippen LogP contribution in [0.4, 0.5) is 0 Å². The van der Waals surface area contributed by atoms with E-state index in [2.05, 4.69) is 16.5 Å². The molecule has 1 aliphatic rings. The number of hydrogen-bond donors (Lipinski definition) is 2. The summed E-state index contributed by atoms with van der Waals surface area (Å²) in [5, 5.41) is 8.97. The Labute approximate surface area is 127 Å². The third kappa shape index (κ3) is 4.78. The van der Waals surface area contributed by atoms with E-state index in [4.69, 9.17) is 5.11 Å². The molecule has 0 bridgehead atoms. The SMILES string of the molecule is CC(CNS(=O)(=O)c1ccc(CO)cc1)CN1CCCC1. The Morgan fingerprint density at radius 1 is 1.24 bits per heavy atom. The normalized spacial score (nSPS) is 18.0. The molecule has 5 nitrogen and oxygen atoms in total. The molecule has 0 spiro atoms. The van der Waals surface area contributed by atoms with Gasteiger partial charge in [0.05, 0.1) is 11.5 Å². The number of aliphatic hydroxyl groups excluding tert-OH is 1. The van der Waals surface area contributed by atoms with E-state index in [0.29, 0.717) is 12.1 Å². The Morgan fingerprint density at radius 3 is 2.43 bits per heavy atom. The van der Waals surface area contributed by atoms with Crippen LogP contribution in [0.5, 0.6) is 0 Å². The summed E-state index contributed by atoms with van der Waals surface area (Å²) in [5.74, 6) is 0.287. The minimum absolute atomic E-state index is 0.0827. The second-order valence-corrected chi connectivity index (χ2v) is 7.53. The van der Waals surface area contributed by atoms with Gasteiger partial charge in [-0.1, -0.05) is 19.1 Å². The summed E-state index contributed by atoms with van der Waals surface area (Å²) >= 11 is 0. The third-order valence-electron chi connectivity index (χ3n) is 3.81. The molecule has 1 saturated heterocycles. The van der Waals surface area contributed by atoms with Gasteiger partial charge in [0.15, 0.2) is 0 Å². The Hall–Kier alpha value is -0.950. The molecule has 1 heterocycles. The Kier molecular flexibility index (Phi) is 5.75. The zero-order valence-corrected chi connectivity index (χ0v) is 13.3. The number of sulfonamides is 1. The minimum Gasteiger partial charge on any atom is -0.392 e. The fraction of sp³-hybridized carbons (Fsp3) is 0.600. The van der Waals surface area contributed by atoms with Gasteiger partial charge in [0.1, 0.15) is 0 Å². The second kappa shape index (κ2) is 7.35. The first-order valence-electron chi connectivity index (χ1n) is 7.43. The van der Waals surface area contributed by atoms with Crippen LogP contribution >= 0.6 is 0 Å². The molecule has 1 aromatic carbocycles. The van der Waals surface area contributed by atoms with Gasteiger partial charge in [-0.05, 0) is 49.5 Å². The van der Waals surface area contributed by atoms with Gasteiger partial charge >= 0.3 is 0 Å². The van der Waals surface area contributed by atoms with Crippen LogP contribution in [0, 0.1) is 5.92 Å². The fourth-order valence-electron chi connectivity index (χ4n) is 2.58. The molecule has 0 aliphatic carbocycles. The number of benzene rings is 1. The highest BCUT2D eigenvalue weighted by Crippen LogP contribution is 2.12. The van der Waals surface area contributed by atoms with Gasteiger partial charge in [-0.3, -0.25) is 0 Å². The van der Waals surface area contributed by atoms with Gasteiger partial charge in [-0.15, -0.1) is 0 Å². The number of nitrogens with one attached hydrogen (secondary N) is 1. The molecule has 0 aromatic heterocycles. The van der Waals surface area contributed by atoms with Crippen molar-refractivity contribution >= 4 is 10.0 Å². The van der Waals surface area contributed by atoms with Crippen molar-refractivity contribution in [1.82, 2.24) is 9.62 Å². The molecule has 1 atom stereocenters. The number of hydrogen-bond acceptors (Lipinski definition) is 4. The van der Waals surface area contributed by atoms with E-state index < -0.39 is 10.0 Å². The highest BCUT2D eigenvalue weighted by Gasteiger charge is 2.18. The summed E-state index contributed by atoms with van der Waals surface area (Å²) in [4.78, 5) is 2.63. The van der Waals surface area contributed by atoms with E-state index in [9.17, 15) is 8.42 Å². The third-order valence-corrected chi connectivity index (χ3v) is 5.25. The summed E-state index contributed by atoms with van der Waals surface area (Å²) in [6.45, 7) is 5.61. The van der Waals surface area contributed by atoms with E-state index in [0.717, 1.165) is 19.6 Å². The first-order valence-corrected chi connectivity index (χ1v) is 8.91. The van der Waals surface area contributed by atoms with E-state index in [1.807, 2.05) is 0 Å². The minimum atomic E-state index is -3.46. The van der Waals surface area contributed by atoms with Crippen molar-refractivity contribution in [3.63, 3.8) is 0 Å². The van der Waals surface area contributed by atoms with E-state index in [1.54, 1.807) is 12.1 Å². The lowest BCUT2D eigenvalue weighted by atomic mass is 10.2. The molecule has 0 radical (unpaired) electrons. The van der Waals surface area contributed by atoms with Crippen LogP contribution in [0.3, 0.4) is 0 Å². The molecule has 0 amide bonds. The van der Waals surface area contributed by atoms with E-state index >= 15 is 0 Å². The predicted molar refractivity (Wildman–Crippen MR) is 82.4 cm³/mol. The zero-order valence-electron chi connectivity index (χ0n) is 12.5. The van der Waals surface area contributed by atoms with Gasteiger partial charge in [0.2, 0.25) is 10.0 Å². The zero-order chi connectivity index (χ0) is 15.3.